The van der Waals surface area contributed by atoms with E-state index in [1.807, 2.05) is 5.51 Å². The Morgan fingerprint density at radius 3 is 3.06 bits per heavy atom. The minimum Gasteiger partial charge on any atom is -0.306 e. The van der Waals surface area contributed by atoms with Crippen LogP contribution in [0.4, 0.5) is 0 Å². The maximum Gasteiger partial charge on any atom is 0.0798 e. The van der Waals surface area contributed by atoms with Gasteiger partial charge in [0.25, 0.3) is 0 Å². The first-order chi connectivity index (χ1) is 8.22. The van der Waals surface area contributed by atoms with Gasteiger partial charge in [0, 0.05) is 22.2 Å². The van der Waals surface area contributed by atoms with Gasteiger partial charge < -0.3 is 5.32 Å². The third-order valence-corrected chi connectivity index (χ3v) is 5.91. The molecule has 1 fully saturated rings. The number of thiazole rings is 1. The molecule has 1 aliphatic carbocycles. The average molecular weight is 270 g/mol. The zero-order valence-electron chi connectivity index (χ0n) is 10.9. The number of aromatic nitrogens is 1. The van der Waals surface area contributed by atoms with Crippen molar-refractivity contribution in [3.8, 4) is 0 Å². The van der Waals surface area contributed by atoms with Gasteiger partial charge in [-0.25, -0.2) is 4.98 Å². The summed E-state index contributed by atoms with van der Waals surface area (Å²) in [5.41, 5.74) is 3.14. The molecule has 17 heavy (non-hydrogen) atoms. The van der Waals surface area contributed by atoms with E-state index in [-0.39, 0.29) is 0 Å². The third-order valence-electron chi connectivity index (χ3n) is 3.47. The fraction of sp³-hybridized carbons (Fsp3) is 0.769. The van der Waals surface area contributed by atoms with Crippen molar-refractivity contribution in [1.29, 1.82) is 0 Å². The van der Waals surface area contributed by atoms with Crippen LogP contribution < -0.4 is 5.32 Å². The first-order valence-corrected chi connectivity index (χ1v) is 8.42. The lowest BCUT2D eigenvalue weighted by Crippen LogP contribution is -2.36. The standard InChI is InChI=1S/C13H22N2S2/c1-4-16-12-7-5-6-11(12)15-10(3)13-9(2)14-8-17-13/h8,10-12,15H,4-7H2,1-3H3. The van der Waals surface area contributed by atoms with E-state index in [4.69, 9.17) is 0 Å². The van der Waals surface area contributed by atoms with Gasteiger partial charge in [0.1, 0.15) is 0 Å². The van der Waals surface area contributed by atoms with Crippen LogP contribution in [0, 0.1) is 6.92 Å². The van der Waals surface area contributed by atoms with Crippen molar-refractivity contribution in [3.05, 3.63) is 16.1 Å². The number of nitrogens with zero attached hydrogens (tertiary/aromatic N) is 1. The Labute approximate surface area is 113 Å². The molecule has 0 spiro atoms. The highest BCUT2D eigenvalue weighted by atomic mass is 32.2. The van der Waals surface area contributed by atoms with Crippen molar-refractivity contribution in [3.63, 3.8) is 0 Å². The van der Waals surface area contributed by atoms with Crippen molar-refractivity contribution in [1.82, 2.24) is 10.3 Å². The fourth-order valence-electron chi connectivity index (χ4n) is 2.65. The summed E-state index contributed by atoms with van der Waals surface area (Å²) in [6.07, 6.45) is 4.09. The molecule has 0 amide bonds. The SMILES string of the molecule is CCSC1CCCC1NC(C)c1scnc1C. The van der Waals surface area contributed by atoms with Gasteiger partial charge in [-0.3, -0.25) is 0 Å². The molecule has 0 aliphatic heterocycles. The summed E-state index contributed by atoms with van der Waals surface area (Å²) >= 11 is 3.89. The topological polar surface area (TPSA) is 24.9 Å². The number of thioether (sulfide) groups is 1. The number of hydrogen-bond donors (Lipinski definition) is 1. The molecule has 3 atom stereocenters. The Kier molecular flexibility index (Phi) is 4.88. The van der Waals surface area contributed by atoms with Gasteiger partial charge in [0.2, 0.25) is 0 Å². The number of hydrogen-bond acceptors (Lipinski definition) is 4. The minimum atomic E-state index is 0.450. The van der Waals surface area contributed by atoms with Crippen LogP contribution in [-0.4, -0.2) is 22.0 Å². The number of aryl methyl sites for hydroxylation is 1. The zero-order valence-corrected chi connectivity index (χ0v) is 12.5. The van der Waals surface area contributed by atoms with Crippen LogP contribution in [0.25, 0.3) is 0 Å². The van der Waals surface area contributed by atoms with E-state index in [1.54, 1.807) is 11.3 Å². The van der Waals surface area contributed by atoms with Crippen LogP contribution >= 0.6 is 23.1 Å². The van der Waals surface area contributed by atoms with Crippen molar-refractivity contribution >= 4 is 23.1 Å². The van der Waals surface area contributed by atoms with E-state index in [0.717, 1.165) is 5.25 Å². The Morgan fingerprint density at radius 1 is 1.59 bits per heavy atom. The highest BCUT2D eigenvalue weighted by molar-refractivity contribution is 7.99. The van der Waals surface area contributed by atoms with Crippen LogP contribution in [0.1, 0.15) is 49.7 Å². The van der Waals surface area contributed by atoms with Crippen molar-refractivity contribution < 1.29 is 0 Å². The molecule has 1 heterocycles. The van der Waals surface area contributed by atoms with E-state index >= 15 is 0 Å². The second-order valence-electron chi connectivity index (χ2n) is 4.72. The van der Waals surface area contributed by atoms with Gasteiger partial charge in [-0.1, -0.05) is 13.3 Å². The fourth-order valence-corrected chi connectivity index (χ4v) is 4.68. The lowest BCUT2D eigenvalue weighted by molar-refractivity contribution is 0.470. The molecule has 1 aromatic heterocycles. The predicted molar refractivity (Wildman–Crippen MR) is 78.0 cm³/mol. The van der Waals surface area contributed by atoms with Crippen molar-refractivity contribution in [2.75, 3.05) is 5.75 Å². The summed E-state index contributed by atoms with van der Waals surface area (Å²) in [5, 5.41) is 4.62. The predicted octanol–water partition coefficient (Wildman–Crippen LogP) is 3.78. The Morgan fingerprint density at radius 2 is 2.41 bits per heavy atom. The number of rotatable bonds is 5. The van der Waals surface area contributed by atoms with Crippen LogP contribution in [0.15, 0.2) is 5.51 Å². The van der Waals surface area contributed by atoms with Gasteiger partial charge >= 0.3 is 0 Å². The molecule has 96 valence electrons. The molecule has 2 nitrogen and oxygen atoms in total. The maximum atomic E-state index is 4.34. The zero-order chi connectivity index (χ0) is 12.3. The average Bonchev–Trinajstić information content (AvgIpc) is 2.89. The first-order valence-electron chi connectivity index (χ1n) is 6.50. The molecular weight excluding hydrogens is 248 g/mol. The Bertz CT molecular complexity index is 351. The van der Waals surface area contributed by atoms with E-state index in [9.17, 15) is 0 Å². The monoisotopic (exact) mass is 270 g/mol. The lowest BCUT2D eigenvalue weighted by Gasteiger charge is -2.24. The summed E-state index contributed by atoms with van der Waals surface area (Å²) in [7, 11) is 0. The minimum absolute atomic E-state index is 0.450. The smallest absolute Gasteiger partial charge is 0.0798 e. The summed E-state index contributed by atoms with van der Waals surface area (Å²) in [6, 6.07) is 1.14. The Balaban J connectivity index is 1.94. The maximum absolute atomic E-state index is 4.34. The quantitative estimate of drug-likeness (QED) is 0.881. The molecule has 2 rings (SSSR count). The normalized spacial score (nSPS) is 26.3. The molecule has 1 saturated carbocycles. The van der Waals surface area contributed by atoms with Crippen LogP contribution in [-0.2, 0) is 0 Å². The largest absolute Gasteiger partial charge is 0.306 e. The summed E-state index contributed by atoms with van der Waals surface area (Å²) < 4.78 is 0. The molecule has 1 aromatic rings. The van der Waals surface area contributed by atoms with Crippen LogP contribution in [0.5, 0.6) is 0 Å². The summed E-state index contributed by atoms with van der Waals surface area (Å²) in [5.74, 6) is 1.23. The molecule has 0 bridgehead atoms. The van der Waals surface area contributed by atoms with Crippen LogP contribution in [0.2, 0.25) is 0 Å². The van der Waals surface area contributed by atoms with Gasteiger partial charge in [-0.05, 0) is 32.4 Å². The van der Waals surface area contributed by atoms with E-state index in [0.29, 0.717) is 12.1 Å². The summed E-state index contributed by atoms with van der Waals surface area (Å²) in [4.78, 5) is 5.74. The molecule has 1 N–H and O–H groups in total. The second-order valence-corrected chi connectivity index (χ2v) is 7.12. The molecule has 0 saturated heterocycles. The van der Waals surface area contributed by atoms with E-state index < -0.39 is 0 Å². The van der Waals surface area contributed by atoms with E-state index in [2.05, 4.69) is 42.8 Å². The second kappa shape index (κ2) is 6.21. The first kappa shape index (κ1) is 13.4. The van der Waals surface area contributed by atoms with Crippen molar-refractivity contribution in [2.24, 2.45) is 0 Å². The molecule has 0 radical (unpaired) electrons. The van der Waals surface area contributed by atoms with Gasteiger partial charge in [-0.2, -0.15) is 11.8 Å². The van der Waals surface area contributed by atoms with Crippen molar-refractivity contribution in [2.45, 2.75) is 57.4 Å². The Hall–Kier alpha value is -0.0600. The third kappa shape index (κ3) is 3.24. The van der Waals surface area contributed by atoms with Gasteiger partial charge in [0.05, 0.1) is 11.2 Å². The molecule has 0 aromatic carbocycles. The summed E-state index contributed by atoms with van der Waals surface area (Å²) in [6.45, 7) is 6.64. The highest BCUT2D eigenvalue weighted by Gasteiger charge is 2.28. The lowest BCUT2D eigenvalue weighted by atomic mass is 10.2. The molecule has 4 heteroatoms. The molecule has 3 unspecified atom stereocenters. The van der Waals surface area contributed by atoms with Gasteiger partial charge in [0.15, 0.2) is 0 Å². The van der Waals surface area contributed by atoms with E-state index in [1.165, 1.54) is 35.6 Å². The van der Waals surface area contributed by atoms with Gasteiger partial charge in [-0.15, -0.1) is 11.3 Å². The highest BCUT2D eigenvalue weighted by Crippen LogP contribution is 2.32. The number of nitrogens with one attached hydrogen (secondary N) is 1. The van der Waals surface area contributed by atoms with Crippen LogP contribution in [0.3, 0.4) is 0 Å². The molecular formula is C13H22N2S2. The molecule has 1 aliphatic rings.